The molecule has 0 radical (unpaired) electrons. The lowest BCUT2D eigenvalue weighted by atomic mass is 10.2. The number of nitrogens with one attached hydrogen (secondary N) is 1. The minimum atomic E-state index is 0.225. The first-order valence-electron chi connectivity index (χ1n) is 6.52. The molecule has 0 aromatic carbocycles. The third kappa shape index (κ3) is 2.45. The van der Waals surface area contributed by atoms with Crippen molar-refractivity contribution in [2.75, 3.05) is 18.0 Å². The van der Waals surface area contributed by atoms with Gasteiger partial charge in [-0.25, -0.2) is 0 Å². The van der Waals surface area contributed by atoms with E-state index >= 15 is 0 Å². The first kappa shape index (κ1) is 12.5. The van der Waals surface area contributed by atoms with E-state index in [1.165, 1.54) is 11.5 Å². The predicted molar refractivity (Wildman–Crippen MR) is 74.1 cm³/mol. The summed E-state index contributed by atoms with van der Waals surface area (Å²) >= 11 is 1.36. The molecule has 0 saturated carbocycles. The van der Waals surface area contributed by atoms with Crippen LogP contribution in [0.2, 0.25) is 0 Å². The van der Waals surface area contributed by atoms with E-state index < -0.39 is 0 Å². The van der Waals surface area contributed by atoms with Gasteiger partial charge in [0.25, 0.3) is 0 Å². The molecule has 0 amide bonds. The molecule has 1 atom stereocenters. The van der Waals surface area contributed by atoms with Gasteiger partial charge in [0.2, 0.25) is 5.95 Å². The fourth-order valence-corrected chi connectivity index (χ4v) is 2.90. The standard InChI is InChI=1S/C11H17N7S/c1-2-3-8-9(19-17-14-8)10-13-11(16-15-10)18-5-4-7(12)6-18/h7H,2-6,12H2,1H3,(H,13,15,16). The molecule has 1 unspecified atom stereocenters. The molecule has 2 aromatic rings. The zero-order chi connectivity index (χ0) is 13.2. The lowest BCUT2D eigenvalue weighted by Crippen LogP contribution is -2.26. The van der Waals surface area contributed by atoms with Gasteiger partial charge in [0.15, 0.2) is 5.82 Å². The Hall–Kier alpha value is -1.54. The summed E-state index contributed by atoms with van der Waals surface area (Å²) in [6.07, 6.45) is 2.95. The van der Waals surface area contributed by atoms with E-state index in [2.05, 4.69) is 36.6 Å². The van der Waals surface area contributed by atoms with Crippen LogP contribution in [0.4, 0.5) is 5.95 Å². The van der Waals surface area contributed by atoms with E-state index in [0.29, 0.717) is 0 Å². The highest BCUT2D eigenvalue weighted by atomic mass is 32.1. The maximum Gasteiger partial charge on any atom is 0.245 e. The number of H-pyrrole nitrogens is 1. The van der Waals surface area contributed by atoms with Gasteiger partial charge in [-0.3, -0.25) is 5.10 Å². The number of hydrogen-bond acceptors (Lipinski definition) is 7. The lowest BCUT2D eigenvalue weighted by molar-refractivity contribution is 0.750. The monoisotopic (exact) mass is 279 g/mol. The maximum atomic E-state index is 5.90. The van der Waals surface area contributed by atoms with Crippen molar-refractivity contribution in [1.82, 2.24) is 24.8 Å². The van der Waals surface area contributed by atoms with E-state index in [-0.39, 0.29) is 6.04 Å². The molecule has 1 fully saturated rings. The summed E-state index contributed by atoms with van der Waals surface area (Å²) in [6.45, 7) is 3.86. The molecule has 3 N–H and O–H groups in total. The molecule has 3 heterocycles. The van der Waals surface area contributed by atoms with Crippen LogP contribution in [-0.2, 0) is 6.42 Å². The van der Waals surface area contributed by atoms with Crippen LogP contribution in [0.1, 0.15) is 25.5 Å². The summed E-state index contributed by atoms with van der Waals surface area (Å²) in [6, 6.07) is 0.225. The van der Waals surface area contributed by atoms with Gasteiger partial charge in [0, 0.05) is 19.1 Å². The van der Waals surface area contributed by atoms with Crippen LogP contribution in [0.5, 0.6) is 0 Å². The highest BCUT2D eigenvalue weighted by Gasteiger charge is 2.23. The second-order valence-corrected chi connectivity index (χ2v) is 5.53. The normalized spacial score (nSPS) is 19.3. The van der Waals surface area contributed by atoms with Crippen LogP contribution in [0.3, 0.4) is 0 Å². The lowest BCUT2D eigenvalue weighted by Gasteiger charge is -2.11. The molecule has 1 aliphatic heterocycles. The van der Waals surface area contributed by atoms with Crippen LogP contribution in [0.15, 0.2) is 0 Å². The molecule has 3 rings (SSSR count). The minimum Gasteiger partial charge on any atom is -0.338 e. The van der Waals surface area contributed by atoms with E-state index in [1.54, 1.807) is 0 Å². The minimum absolute atomic E-state index is 0.225. The summed E-state index contributed by atoms with van der Waals surface area (Å²) in [4.78, 5) is 7.65. The number of aromatic nitrogens is 5. The van der Waals surface area contributed by atoms with Crippen molar-refractivity contribution in [1.29, 1.82) is 0 Å². The van der Waals surface area contributed by atoms with Gasteiger partial charge in [0.05, 0.1) is 5.69 Å². The van der Waals surface area contributed by atoms with Gasteiger partial charge in [-0.15, -0.1) is 10.2 Å². The predicted octanol–water partition coefficient (Wildman–Crippen LogP) is 0.813. The van der Waals surface area contributed by atoms with Crippen LogP contribution in [-0.4, -0.2) is 43.9 Å². The van der Waals surface area contributed by atoms with E-state index in [0.717, 1.165) is 54.7 Å². The number of rotatable bonds is 4. The first-order chi connectivity index (χ1) is 9.28. The summed E-state index contributed by atoms with van der Waals surface area (Å²) < 4.78 is 4.01. The molecule has 102 valence electrons. The van der Waals surface area contributed by atoms with Gasteiger partial charge in [0.1, 0.15) is 4.88 Å². The number of nitrogens with two attached hydrogens (primary N) is 1. The highest BCUT2D eigenvalue weighted by Crippen LogP contribution is 2.25. The van der Waals surface area contributed by atoms with Crippen LogP contribution in [0.25, 0.3) is 10.7 Å². The van der Waals surface area contributed by atoms with Crippen molar-refractivity contribution < 1.29 is 0 Å². The van der Waals surface area contributed by atoms with Gasteiger partial charge in [-0.2, -0.15) is 4.98 Å². The summed E-state index contributed by atoms with van der Waals surface area (Å²) in [5, 5.41) is 11.4. The fraction of sp³-hybridized carbons (Fsp3) is 0.636. The third-order valence-electron chi connectivity index (χ3n) is 3.24. The quantitative estimate of drug-likeness (QED) is 0.860. The van der Waals surface area contributed by atoms with Crippen molar-refractivity contribution in [2.24, 2.45) is 5.73 Å². The van der Waals surface area contributed by atoms with E-state index in [9.17, 15) is 0 Å². The Morgan fingerprint density at radius 1 is 1.53 bits per heavy atom. The molecule has 7 nitrogen and oxygen atoms in total. The van der Waals surface area contributed by atoms with Crippen molar-refractivity contribution in [3.05, 3.63) is 5.69 Å². The summed E-state index contributed by atoms with van der Waals surface area (Å²) in [7, 11) is 0. The Morgan fingerprint density at radius 3 is 3.16 bits per heavy atom. The number of aromatic amines is 1. The van der Waals surface area contributed by atoms with E-state index in [1.807, 2.05) is 0 Å². The summed E-state index contributed by atoms with van der Waals surface area (Å²) in [5.74, 6) is 1.48. The highest BCUT2D eigenvalue weighted by molar-refractivity contribution is 7.09. The molecular weight excluding hydrogens is 262 g/mol. The molecule has 1 aliphatic rings. The Bertz CT molecular complexity index is 549. The molecule has 0 aliphatic carbocycles. The van der Waals surface area contributed by atoms with Gasteiger partial charge < -0.3 is 10.6 Å². The van der Waals surface area contributed by atoms with Crippen molar-refractivity contribution in [3.8, 4) is 10.7 Å². The SMILES string of the molecule is CCCc1nnsc1-c1nc(N2CCC(N)C2)n[nH]1. The maximum absolute atomic E-state index is 5.90. The largest absolute Gasteiger partial charge is 0.338 e. The number of anilines is 1. The van der Waals surface area contributed by atoms with Gasteiger partial charge in [-0.05, 0) is 24.4 Å². The molecule has 0 spiro atoms. The Balaban J connectivity index is 1.82. The topological polar surface area (TPSA) is 96.6 Å². The molecular formula is C11H17N7S. The van der Waals surface area contributed by atoms with Crippen molar-refractivity contribution >= 4 is 17.5 Å². The fourth-order valence-electron chi connectivity index (χ4n) is 2.25. The average Bonchev–Trinajstić information content (AvgIpc) is 3.07. The molecule has 8 heteroatoms. The Morgan fingerprint density at radius 2 is 2.42 bits per heavy atom. The smallest absolute Gasteiger partial charge is 0.245 e. The molecule has 19 heavy (non-hydrogen) atoms. The van der Waals surface area contributed by atoms with Crippen LogP contribution in [0, 0.1) is 0 Å². The third-order valence-corrected chi connectivity index (χ3v) is 4.01. The zero-order valence-corrected chi connectivity index (χ0v) is 11.7. The van der Waals surface area contributed by atoms with Crippen LogP contribution >= 0.6 is 11.5 Å². The van der Waals surface area contributed by atoms with Gasteiger partial charge in [-0.1, -0.05) is 17.8 Å². The Kier molecular flexibility index (Phi) is 3.43. The summed E-state index contributed by atoms with van der Waals surface area (Å²) in [5.41, 5.74) is 6.90. The number of hydrogen-bond donors (Lipinski definition) is 2. The molecule has 0 bridgehead atoms. The zero-order valence-electron chi connectivity index (χ0n) is 10.8. The first-order valence-corrected chi connectivity index (χ1v) is 7.29. The van der Waals surface area contributed by atoms with E-state index in [4.69, 9.17) is 5.73 Å². The second kappa shape index (κ2) is 5.22. The van der Waals surface area contributed by atoms with Gasteiger partial charge >= 0.3 is 0 Å². The average molecular weight is 279 g/mol. The van der Waals surface area contributed by atoms with Crippen molar-refractivity contribution in [2.45, 2.75) is 32.2 Å². The number of aryl methyl sites for hydroxylation is 1. The number of nitrogens with zero attached hydrogens (tertiary/aromatic N) is 5. The second-order valence-electron chi connectivity index (χ2n) is 4.78. The molecule has 2 aromatic heterocycles. The molecule has 1 saturated heterocycles. The van der Waals surface area contributed by atoms with Crippen LogP contribution < -0.4 is 10.6 Å². The Labute approximate surface area is 115 Å². The van der Waals surface area contributed by atoms with Crippen molar-refractivity contribution in [3.63, 3.8) is 0 Å².